The summed E-state index contributed by atoms with van der Waals surface area (Å²) in [5.74, 6) is -4.31. The van der Waals surface area contributed by atoms with Gasteiger partial charge in [-0.3, -0.25) is 24.4 Å². The Labute approximate surface area is 183 Å². The molecule has 0 spiro atoms. The third-order valence-corrected chi connectivity index (χ3v) is 7.08. The van der Waals surface area contributed by atoms with E-state index in [-0.39, 0.29) is 41.0 Å². The molecular weight excluding hydrogens is 414 g/mol. The number of aromatic hydroxyl groups is 1. The Morgan fingerprint density at radius 3 is 2.56 bits per heavy atom. The van der Waals surface area contributed by atoms with Gasteiger partial charge in [-0.05, 0) is 49.5 Å². The summed E-state index contributed by atoms with van der Waals surface area (Å²) in [5, 5.41) is 20.2. The van der Waals surface area contributed by atoms with Gasteiger partial charge in [0, 0.05) is 22.6 Å². The van der Waals surface area contributed by atoms with E-state index in [4.69, 9.17) is 4.74 Å². The number of allylic oxidation sites excluding steroid dienone is 6. The van der Waals surface area contributed by atoms with Gasteiger partial charge in [0.25, 0.3) is 11.8 Å². The molecule has 0 bridgehead atoms. The summed E-state index contributed by atoms with van der Waals surface area (Å²) >= 11 is 0. The van der Waals surface area contributed by atoms with E-state index in [1.54, 1.807) is 19.1 Å². The number of hydroxylamine groups is 2. The van der Waals surface area contributed by atoms with Crippen molar-refractivity contribution < 1.29 is 34.2 Å². The second-order valence-electron chi connectivity index (χ2n) is 8.65. The second kappa shape index (κ2) is 7.00. The van der Waals surface area contributed by atoms with Crippen molar-refractivity contribution in [1.82, 2.24) is 5.06 Å². The van der Waals surface area contributed by atoms with Gasteiger partial charge in [0.15, 0.2) is 23.1 Å². The van der Waals surface area contributed by atoms with E-state index >= 15 is 0 Å². The zero-order chi connectivity index (χ0) is 22.9. The molecule has 1 aromatic carbocycles. The number of ether oxygens (including phenoxy) is 1. The Morgan fingerprint density at radius 2 is 1.84 bits per heavy atom. The molecule has 5 rings (SSSR count). The van der Waals surface area contributed by atoms with Crippen LogP contribution < -0.4 is 4.74 Å². The van der Waals surface area contributed by atoms with Crippen molar-refractivity contribution >= 4 is 23.4 Å². The molecule has 164 valence electrons. The molecule has 3 aliphatic carbocycles. The molecule has 8 nitrogen and oxygen atoms in total. The minimum Gasteiger partial charge on any atom is -0.504 e. The largest absolute Gasteiger partial charge is 0.504 e. The van der Waals surface area contributed by atoms with Crippen LogP contribution in [0.4, 0.5) is 0 Å². The average Bonchev–Trinajstić information content (AvgIpc) is 3.00. The van der Waals surface area contributed by atoms with Crippen molar-refractivity contribution in [3.05, 3.63) is 58.2 Å². The third-order valence-electron chi connectivity index (χ3n) is 7.08. The van der Waals surface area contributed by atoms with E-state index in [1.165, 1.54) is 19.3 Å². The Morgan fingerprint density at radius 1 is 1.09 bits per heavy atom. The van der Waals surface area contributed by atoms with Crippen LogP contribution in [0.25, 0.3) is 0 Å². The number of nitrogens with zero attached hydrogens (tertiary/aromatic N) is 1. The molecule has 1 fully saturated rings. The lowest BCUT2D eigenvalue weighted by molar-refractivity contribution is -0.173. The number of methoxy groups -OCH3 is 1. The van der Waals surface area contributed by atoms with Crippen LogP contribution in [-0.4, -0.2) is 45.9 Å². The second-order valence-corrected chi connectivity index (χ2v) is 8.65. The molecule has 4 atom stereocenters. The lowest BCUT2D eigenvalue weighted by Crippen LogP contribution is -2.39. The minimum absolute atomic E-state index is 0.0647. The molecule has 1 aromatic rings. The van der Waals surface area contributed by atoms with Gasteiger partial charge < -0.3 is 9.84 Å². The topological polar surface area (TPSA) is 121 Å². The van der Waals surface area contributed by atoms with Crippen LogP contribution in [0.3, 0.4) is 0 Å². The van der Waals surface area contributed by atoms with Crippen LogP contribution in [0, 0.1) is 17.8 Å². The smallest absolute Gasteiger partial charge is 0.257 e. The minimum atomic E-state index is -0.794. The van der Waals surface area contributed by atoms with Crippen LogP contribution >= 0.6 is 0 Å². The Kier molecular flexibility index (Phi) is 4.46. The van der Waals surface area contributed by atoms with Crippen molar-refractivity contribution in [3.8, 4) is 11.5 Å². The van der Waals surface area contributed by atoms with E-state index in [0.29, 0.717) is 22.3 Å². The normalized spacial score (nSPS) is 29.4. The number of carbonyl (C=O) groups is 4. The first kappa shape index (κ1) is 20.4. The number of ketones is 2. The molecular formula is C24H21NO7. The van der Waals surface area contributed by atoms with Crippen molar-refractivity contribution in [2.24, 2.45) is 17.8 Å². The average molecular weight is 435 g/mol. The third kappa shape index (κ3) is 2.65. The molecule has 4 aliphatic rings. The first-order valence-electron chi connectivity index (χ1n) is 10.4. The zero-order valence-electron chi connectivity index (χ0n) is 17.5. The molecule has 32 heavy (non-hydrogen) atoms. The molecule has 1 heterocycles. The number of imide groups is 1. The van der Waals surface area contributed by atoms with Crippen LogP contribution in [0.15, 0.2) is 52.6 Å². The summed E-state index contributed by atoms with van der Waals surface area (Å²) in [4.78, 5) is 51.3. The van der Waals surface area contributed by atoms with Gasteiger partial charge in [0.2, 0.25) is 0 Å². The van der Waals surface area contributed by atoms with Crippen molar-refractivity contribution in [2.75, 3.05) is 7.11 Å². The fourth-order valence-electron chi connectivity index (χ4n) is 5.60. The number of benzene rings is 1. The molecule has 1 aliphatic heterocycles. The highest BCUT2D eigenvalue weighted by Crippen LogP contribution is 2.55. The zero-order valence-corrected chi connectivity index (χ0v) is 17.5. The summed E-state index contributed by atoms with van der Waals surface area (Å²) in [6.45, 7) is 1.60. The Balaban J connectivity index is 1.72. The number of carbonyl (C=O) groups excluding carboxylic acids is 4. The number of phenolic OH excluding ortho intramolecular Hbond substituents is 1. The van der Waals surface area contributed by atoms with Crippen molar-refractivity contribution in [3.63, 3.8) is 0 Å². The number of rotatable bonds is 2. The van der Waals surface area contributed by atoms with E-state index in [1.807, 2.05) is 6.08 Å². The maximum atomic E-state index is 13.2. The number of hydrogen-bond acceptors (Lipinski definition) is 7. The highest BCUT2D eigenvalue weighted by atomic mass is 16.5. The van der Waals surface area contributed by atoms with Crippen LogP contribution in [0.5, 0.6) is 11.5 Å². The Bertz CT molecular complexity index is 1200. The number of hydrogen-bond donors (Lipinski definition) is 2. The predicted molar refractivity (Wildman–Crippen MR) is 110 cm³/mol. The van der Waals surface area contributed by atoms with Crippen LogP contribution in [-0.2, 0) is 19.2 Å². The molecule has 2 N–H and O–H groups in total. The summed E-state index contributed by atoms with van der Waals surface area (Å²) in [6, 6.07) is 4.74. The number of fused-ring (bicyclic) bond motifs is 3. The molecule has 0 unspecified atom stereocenters. The van der Waals surface area contributed by atoms with Crippen LogP contribution in [0.2, 0.25) is 0 Å². The highest BCUT2D eigenvalue weighted by Gasteiger charge is 2.56. The molecule has 0 saturated carbocycles. The number of amides is 2. The van der Waals surface area contributed by atoms with Gasteiger partial charge in [-0.15, -0.1) is 0 Å². The maximum Gasteiger partial charge on any atom is 0.257 e. The SMILES string of the molecule is COc1cc([C@H]2C3=CC[C@@H]4C(=O)N(O)C(=O)[C@@H]4[C@@H]3CC3=C2C(=O)C(C)=CC3=O)ccc1O. The van der Waals surface area contributed by atoms with Crippen molar-refractivity contribution in [1.29, 1.82) is 0 Å². The summed E-state index contributed by atoms with van der Waals surface area (Å²) in [5.41, 5.74) is 2.43. The number of phenols is 1. The quantitative estimate of drug-likeness (QED) is 0.316. The van der Waals surface area contributed by atoms with Gasteiger partial charge in [-0.25, -0.2) is 0 Å². The van der Waals surface area contributed by atoms with E-state index in [2.05, 4.69) is 0 Å². The monoisotopic (exact) mass is 435 g/mol. The Hall–Kier alpha value is -3.52. The molecule has 0 aromatic heterocycles. The lowest BCUT2D eigenvalue weighted by Gasteiger charge is -2.42. The summed E-state index contributed by atoms with van der Waals surface area (Å²) in [7, 11) is 1.42. The fourth-order valence-corrected chi connectivity index (χ4v) is 5.60. The summed E-state index contributed by atoms with van der Waals surface area (Å²) < 4.78 is 5.24. The van der Waals surface area contributed by atoms with Crippen molar-refractivity contribution in [2.45, 2.75) is 25.7 Å². The highest BCUT2D eigenvalue weighted by molar-refractivity contribution is 6.23. The van der Waals surface area contributed by atoms with E-state index in [0.717, 1.165) is 5.57 Å². The first-order valence-corrected chi connectivity index (χ1v) is 10.4. The van der Waals surface area contributed by atoms with E-state index in [9.17, 15) is 29.5 Å². The van der Waals surface area contributed by atoms with Crippen LogP contribution in [0.1, 0.15) is 31.2 Å². The molecule has 2 amide bonds. The van der Waals surface area contributed by atoms with Gasteiger partial charge in [0.05, 0.1) is 18.9 Å². The van der Waals surface area contributed by atoms with Gasteiger partial charge in [0.1, 0.15) is 0 Å². The number of Topliss-reactive ketones (excluding diaryl/α,β-unsaturated/α-hetero) is 1. The predicted octanol–water partition coefficient (Wildman–Crippen LogP) is 2.22. The maximum absolute atomic E-state index is 13.2. The summed E-state index contributed by atoms with van der Waals surface area (Å²) in [6.07, 6.45) is 3.57. The van der Waals surface area contributed by atoms with Gasteiger partial charge >= 0.3 is 0 Å². The van der Waals surface area contributed by atoms with Gasteiger partial charge in [-0.2, -0.15) is 5.06 Å². The molecule has 8 heteroatoms. The molecule has 0 radical (unpaired) electrons. The lowest BCUT2D eigenvalue weighted by atomic mass is 9.59. The van der Waals surface area contributed by atoms with E-state index < -0.39 is 35.5 Å². The molecule has 1 saturated heterocycles. The van der Waals surface area contributed by atoms with Gasteiger partial charge in [-0.1, -0.05) is 17.7 Å². The fraction of sp³-hybridized carbons (Fsp3) is 0.333. The standard InChI is InChI=1S/C24H21NO7/c1-10-7-17(27)15-9-14-12(4-5-13-20(14)24(30)25(31)23(13)29)19(21(15)22(10)28)11-3-6-16(26)18(8-11)32-2/h3-4,6-8,13-14,19-20,26,31H,5,9H2,1-2H3/t13-,14+,19-,20-/m0/s1. The first-order chi connectivity index (χ1) is 15.2.